The van der Waals surface area contributed by atoms with Gasteiger partial charge in [0.15, 0.2) is 0 Å². The van der Waals surface area contributed by atoms with E-state index in [1.165, 1.54) is 0 Å². The van der Waals surface area contributed by atoms with Crippen LogP contribution in [-0.4, -0.2) is 47.6 Å². The van der Waals surface area contributed by atoms with E-state index in [0.717, 1.165) is 0 Å². The Morgan fingerprint density at radius 2 is 1.75 bits per heavy atom. The van der Waals surface area contributed by atoms with Crippen LogP contribution in [0.5, 0.6) is 0 Å². The number of hydrogen-bond donors (Lipinski definition) is 2. The van der Waals surface area contributed by atoms with Crippen LogP contribution in [-0.2, 0) is 9.59 Å². The second kappa shape index (κ2) is 7.62. The lowest BCUT2D eigenvalue weighted by Crippen LogP contribution is -2.48. The number of aliphatic hydroxyl groups excluding tert-OH is 1. The maximum Gasteiger partial charge on any atom is 0.225 e. The van der Waals surface area contributed by atoms with Crippen LogP contribution in [0, 0.1) is 17.8 Å². The molecule has 1 fully saturated rings. The summed E-state index contributed by atoms with van der Waals surface area (Å²) in [7, 11) is 0. The number of carbonyl (C=O) groups excluding carboxylic acids is 2. The van der Waals surface area contributed by atoms with Crippen LogP contribution in [0.1, 0.15) is 40.5 Å². The summed E-state index contributed by atoms with van der Waals surface area (Å²) >= 11 is 0. The molecular weight excluding hydrogens is 256 g/mol. The number of nitrogens with one attached hydrogen (secondary N) is 1. The highest BCUT2D eigenvalue weighted by Gasteiger charge is 2.29. The second-order valence-electron chi connectivity index (χ2n) is 6.30. The minimum Gasteiger partial charge on any atom is -0.394 e. The van der Waals surface area contributed by atoms with E-state index in [1.54, 1.807) is 0 Å². The summed E-state index contributed by atoms with van der Waals surface area (Å²) in [5.41, 5.74) is 0. The fraction of sp³-hybridized carbons (Fsp3) is 0.867. The zero-order chi connectivity index (χ0) is 15.3. The Morgan fingerprint density at radius 3 is 2.15 bits per heavy atom. The van der Waals surface area contributed by atoms with Gasteiger partial charge in [-0.3, -0.25) is 9.59 Å². The molecule has 5 nitrogen and oxygen atoms in total. The molecule has 1 saturated heterocycles. The largest absolute Gasteiger partial charge is 0.394 e. The molecule has 0 radical (unpaired) electrons. The normalized spacial score (nSPS) is 18.4. The highest BCUT2D eigenvalue weighted by atomic mass is 16.3. The summed E-state index contributed by atoms with van der Waals surface area (Å²) in [5.74, 6) is 0.360. The molecule has 1 heterocycles. The van der Waals surface area contributed by atoms with E-state index >= 15 is 0 Å². The summed E-state index contributed by atoms with van der Waals surface area (Å²) in [6, 6.07) is -0.183. The molecule has 1 aliphatic rings. The van der Waals surface area contributed by atoms with Crippen molar-refractivity contribution in [2.24, 2.45) is 17.8 Å². The molecule has 20 heavy (non-hydrogen) atoms. The predicted molar refractivity (Wildman–Crippen MR) is 78.0 cm³/mol. The van der Waals surface area contributed by atoms with Gasteiger partial charge in [0.2, 0.25) is 11.8 Å². The Bertz CT molecular complexity index is 334. The Balaban J connectivity index is 2.45. The van der Waals surface area contributed by atoms with Gasteiger partial charge in [-0.15, -0.1) is 0 Å². The Labute approximate surface area is 121 Å². The molecule has 0 bridgehead atoms. The van der Waals surface area contributed by atoms with Gasteiger partial charge in [-0.25, -0.2) is 0 Å². The molecule has 0 aromatic carbocycles. The number of amides is 2. The number of likely N-dealkylation sites (tertiary alicyclic amines) is 1. The number of carbonyl (C=O) groups is 2. The van der Waals surface area contributed by atoms with Crippen molar-refractivity contribution in [2.45, 2.75) is 46.6 Å². The zero-order valence-corrected chi connectivity index (χ0v) is 13.1. The third kappa shape index (κ3) is 4.47. The highest BCUT2D eigenvalue weighted by molar-refractivity contribution is 5.81. The molecule has 1 aliphatic heterocycles. The van der Waals surface area contributed by atoms with Gasteiger partial charge in [0.25, 0.3) is 0 Å². The van der Waals surface area contributed by atoms with Crippen LogP contribution >= 0.6 is 0 Å². The Morgan fingerprint density at radius 1 is 1.20 bits per heavy atom. The summed E-state index contributed by atoms with van der Waals surface area (Å²) in [6.45, 7) is 9.02. The van der Waals surface area contributed by atoms with Gasteiger partial charge in [-0.05, 0) is 18.8 Å². The number of piperidine rings is 1. The predicted octanol–water partition coefficient (Wildman–Crippen LogP) is 1.01. The number of aliphatic hydroxyl groups is 1. The number of nitrogens with zero attached hydrogens (tertiary/aromatic N) is 1. The minimum absolute atomic E-state index is 0.00870. The minimum atomic E-state index is -0.183. The van der Waals surface area contributed by atoms with E-state index in [4.69, 9.17) is 0 Å². The van der Waals surface area contributed by atoms with Crippen molar-refractivity contribution in [3.05, 3.63) is 0 Å². The lowest BCUT2D eigenvalue weighted by Gasteiger charge is -2.33. The molecule has 116 valence electrons. The molecule has 1 rings (SSSR count). The van der Waals surface area contributed by atoms with E-state index < -0.39 is 0 Å². The molecule has 0 aromatic rings. The summed E-state index contributed by atoms with van der Waals surface area (Å²) in [5, 5.41) is 12.2. The van der Waals surface area contributed by atoms with Gasteiger partial charge < -0.3 is 15.3 Å². The fourth-order valence-corrected chi connectivity index (χ4v) is 2.45. The van der Waals surface area contributed by atoms with Gasteiger partial charge in [0.05, 0.1) is 12.6 Å². The molecule has 1 atom stereocenters. The molecule has 0 aliphatic carbocycles. The average Bonchev–Trinajstić information content (AvgIpc) is 2.43. The van der Waals surface area contributed by atoms with E-state index in [1.807, 2.05) is 32.6 Å². The van der Waals surface area contributed by atoms with Crippen LogP contribution in [0.15, 0.2) is 0 Å². The third-order valence-corrected chi connectivity index (χ3v) is 4.00. The summed E-state index contributed by atoms with van der Waals surface area (Å²) < 4.78 is 0. The van der Waals surface area contributed by atoms with Crippen molar-refractivity contribution in [2.75, 3.05) is 19.7 Å². The maximum atomic E-state index is 12.2. The van der Waals surface area contributed by atoms with Crippen molar-refractivity contribution < 1.29 is 14.7 Å². The van der Waals surface area contributed by atoms with Crippen molar-refractivity contribution in [1.82, 2.24) is 10.2 Å². The van der Waals surface area contributed by atoms with E-state index in [0.29, 0.717) is 25.9 Å². The van der Waals surface area contributed by atoms with Crippen molar-refractivity contribution >= 4 is 11.8 Å². The average molecular weight is 284 g/mol. The Hall–Kier alpha value is -1.10. The molecule has 0 spiro atoms. The van der Waals surface area contributed by atoms with Crippen LogP contribution in [0.4, 0.5) is 0 Å². The Kier molecular flexibility index (Phi) is 6.46. The van der Waals surface area contributed by atoms with E-state index in [9.17, 15) is 14.7 Å². The molecule has 2 N–H and O–H groups in total. The first-order valence-corrected chi connectivity index (χ1v) is 7.56. The summed E-state index contributed by atoms with van der Waals surface area (Å²) in [4.78, 5) is 25.9. The molecule has 5 heteroatoms. The number of hydrogen-bond acceptors (Lipinski definition) is 3. The molecule has 2 amide bonds. The van der Waals surface area contributed by atoms with E-state index in [-0.39, 0.29) is 42.2 Å². The van der Waals surface area contributed by atoms with Crippen LogP contribution in [0.2, 0.25) is 0 Å². The molecule has 0 aromatic heterocycles. The quantitative estimate of drug-likeness (QED) is 0.792. The van der Waals surface area contributed by atoms with Crippen molar-refractivity contribution in [1.29, 1.82) is 0 Å². The monoisotopic (exact) mass is 284 g/mol. The second-order valence-corrected chi connectivity index (χ2v) is 6.30. The lowest BCUT2D eigenvalue weighted by molar-refractivity contribution is -0.138. The van der Waals surface area contributed by atoms with Gasteiger partial charge >= 0.3 is 0 Å². The standard InChI is InChI=1S/C15H28N2O3/c1-10(2)13(9-18)16-14(19)12-5-7-17(8-6-12)15(20)11(3)4/h10-13,18H,5-9H2,1-4H3,(H,16,19). The van der Waals surface area contributed by atoms with Crippen LogP contribution in [0.25, 0.3) is 0 Å². The zero-order valence-electron chi connectivity index (χ0n) is 13.1. The van der Waals surface area contributed by atoms with Crippen LogP contribution < -0.4 is 5.32 Å². The first-order chi connectivity index (χ1) is 9.36. The lowest BCUT2D eigenvalue weighted by atomic mass is 9.94. The first kappa shape index (κ1) is 17.0. The molecular formula is C15H28N2O3. The van der Waals surface area contributed by atoms with Gasteiger partial charge in [-0.1, -0.05) is 27.7 Å². The number of rotatable bonds is 5. The molecule has 1 unspecified atom stereocenters. The molecule has 0 saturated carbocycles. The highest BCUT2D eigenvalue weighted by Crippen LogP contribution is 2.19. The van der Waals surface area contributed by atoms with Crippen molar-refractivity contribution in [3.8, 4) is 0 Å². The van der Waals surface area contributed by atoms with E-state index in [2.05, 4.69) is 5.32 Å². The summed E-state index contributed by atoms with van der Waals surface area (Å²) in [6.07, 6.45) is 1.42. The first-order valence-electron chi connectivity index (χ1n) is 7.56. The van der Waals surface area contributed by atoms with Gasteiger partial charge in [0.1, 0.15) is 0 Å². The topological polar surface area (TPSA) is 69.6 Å². The van der Waals surface area contributed by atoms with Crippen LogP contribution in [0.3, 0.4) is 0 Å². The van der Waals surface area contributed by atoms with Gasteiger partial charge in [-0.2, -0.15) is 0 Å². The fourth-order valence-electron chi connectivity index (χ4n) is 2.45. The smallest absolute Gasteiger partial charge is 0.225 e. The van der Waals surface area contributed by atoms with Crippen molar-refractivity contribution in [3.63, 3.8) is 0 Å². The SMILES string of the molecule is CC(C)C(=O)N1CCC(C(=O)NC(CO)C(C)C)CC1. The maximum absolute atomic E-state index is 12.2. The third-order valence-electron chi connectivity index (χ3n) is 4.00. The van der Waals surface area contributed by atoms with Gasteiger partial charge in [0, 0.05) is 24.9 Å².